The lowest BCUT2D eigenvalue weighted by molar-refractivity contribution is 0.304. The summed E-state index contributed by atoms with van der Waals surface area (Å²) in [5.41, 5.74) is 2.55. The fourth-order valence-electron chi connectivity index (χ4n) is 1.94. The van der Waals surface area contributed by atoms with E-state index in [9.17, 15) is 0 Å². The number of hydrogen-bond donors (Lipinski definition) is 0. The third kappa shape index (κ3) is 4.06. The van der Waals surface area contributed by atoms with Crippen LogP contribution in [-0.2, 0) is 6.61 Å². The van der Waals surface area contributed by atoms with Gasteiger partial charge in [0, 0.05) is 0 Å². The first-order valence-electron chi connectivity index (χ1n) is 7.05. The van der Waals surface area contributed by atoms with Crippen LogP contribution in [0.3, 0.4) is 0 Å². The maximum Gasteiger partial charge on any atom is 0.141 e. The van der Waals surface area contributed by atoms with Crippen LogP contribution in [0.1, 0.15) is 16.7 Å². The summed E-state index contributed by atoms with van der Waals surface area (Å²) in [6.45, 7) is 0.429. The molecule has 7 heteroatoms. The van der Waals surface area contributed by atoms with Gasteiger partial charge in [0.2, 0.25) is 0 Å². The molecule has 0 radical (unpaired) electrons. The summed E-state index contributed by atoms with van der Waals surface area (Å²) >= 11 is 3.50. The van der Waals surface area contributed by atoms with Gasteiger partial charge in [-0.3, -0.25) is 0 Å². The number of aromatic nitrogens is 3. The van der Waals surface area contributed by atoms with Crippen molar-refractivity contribution in [2.45, 2.75) is 6.61 Å². The molecular formula is C17H12BrN5O. The van der Waals surface area contributed by atoms with Gasteiger partial charge >= 0.3 is 0 Å². The van der Waals surface area contributed by atoms with Gasteiger partial charge in [-0.15, -0.1) is 10.2 Å². The first-order valence-corrected chi connectivity index (χ1v) is 7.84. The maximum absolute atomic E-state index is 8.80. The van der Waals surface area contributed by atoms with Crippen molar-refractivity contribution in [3.8, 4) is 11.8 Å². The van der Waals surface area contributed by atoms with Crippen molar-refractivity contribution in [2.75, 3.05) is 0 Å². The van der Waals surface area contributed by atoms with Crippen molar-refractivity contribution < 1.29 is 4.74 Å². The van der Waals surface area contributed by atoms with Crippen LogP contribution in [0.15, 0.2) is 64.7 Å². The van der Waals surface area contributed by atoms with E-state index >= 15 is 0 Å². The van der Waals surface area contributed by atoms with E-state index in [1.807, 2.05) is 30.3 Å². The first kappa shape index (κ1) is 15.9. The van der Waals surface area contributed by atoms with E-state index in [1.54, 1.807) is 18.3 Å². The van der Waals surface area contributed by atoms with Gasteiger partial charge in [0.1, 0.15) is 25.0 Å². The molecule has 3 aromatic rings. The summed E-state index contributed by atoms with van der Waals surface area (Å²) in [5, 5.41) is 20.4. The Hall–Kier alpha value is -2.98. The highest BCUT2D eigenvalue weighted by molar-refractivity contribution is 9.10. The lowest BCUT2D eigenvalue weighted by atomic mass is 10.1. The van der Waals surface area contributed by atoms with Crippen LogP contribution < -0.4 is 4.74 Å². The minimum atomic E-state index is 0.429. The van der Waals surface area contributed by atoms with Gasteiger partial charge in [-0.2, -0.15) is 10.4 Å². The largest absolute Gasteiger partial charge is 0.488 e. The smallest absolute Gasteiger partial charge is 0.141 e. The molecule has 0 aliphatic rings. The SMILES string of the molecule is N#Cc1ccc(COc2ccc(/C=N\n3cnnc3)cc2Br)cc1. The van der Waals surface area contributed by atoms with E-state index in [0.717, 1.165) is 21.3 Å². The van der Waals surface area contributed by atoms with Crippen molar-refractivity contribution in [3.05, 3.63) is 76.3 Å². The Morgan fingerprint density at radius 3 is 2.58 bits per heavy atom. The monoisotopic (exact) mass is 381 g/mol. The third-order valence-electron chi connectivity index (χ3n) is 3.18. The second-order valence-electron chi connectivity index (χ2n) is 4.87. The van der Waals surface area contributed by atoms with Crippen molar-refractivity contribution >= 4 is 22.1 Å². The zero-order valence-electron chi connectivity index (χ0n) is 12.5. The van der Waals surface area contributed by atoms with E-state index in [0.29, 0.717) is 12.2 Å². The molecule has 0 atom stereocenters. The second-order valence-corrected chi connectivity index (χ2v) is 5.73. The number of nitrogens with zero attached hydrogens (tertiary/aromatic N) is 5. The molecule has 0 saturated heterocycles. The average Bonchev–Trinajstić information content (AvgIpc) is 3.13. The number of rotatable bonds is 5. The molecule has 0 aliphatic carbocycles. The van der Waals surface area contributed by atoms with Crippen LogP contribution in [0, 0.1) is 11.3 Å². The van der Waals surface area contributed by atoms with E-state index < -0.39 is 0 Å². The highest BCUT2D eigenvalue weighted by Crippen LogP contribution is 2.26. The topological polar surface area (TPSA) is 76.1 Å². The lowest BCUT2D eigenvalue weighted by Gasteiger charge is -2.09. The van der Waals surface area contributed by atoms with E-state index in [-0.39, 0.29) is 0 Å². The summed E-state index contributed by atoms with van der Waals surface area (Å²) in [7, 11) is 0. The van der Waals surface area contributed by atoms with E-state index in [2.05, 4.69) is 37.3 Å². The van der Waals surface area contributed by atoms with Gasteiger partial charge in [-0.05, 0) is 57.4 Å². The Balaban J connectivity index is 1.65. The molecule has 0 aliphatic heterocycles. The molecule has 0 fully saturated rings. The van der Waals surface area contributed by atoms with Gasteiger partial charge in [0.25, 0.3) is 0 Å². The van der Waals surface area contributed by atoms with Crippen LogP contribution in [0.25, 0.3) is 0 Å². The second kappa shape index (κ2) is 7.53. The van der Waals surface area contributed by atoms with Gasteiger partial charge in [0.15, 0.2) is 0 Å². The van der Waals surface area contributed by atoms with Gasteiger partial charge < -0.3 is 4.74 Å². The highest BCUT2D eigenvalue weighted by Gasteiger charge is 2.03. The Bertz CT molecular complexity index is 882. The Labute approximate surface area is 147 Å². The minimum absolute atomic E-state index is 0.429. The molecule has 0 spiro atoms. The molecule has 1 aromatic heterocycles. The highest BCUT2D eigenvalue weighted by atomic mass is 79.9. The maximum atomic E-state index is 8.80. The summed E-state index contributed by atoms with van der Waals surface area (Å²) in [4.78, 5) is 0. The Morgan fingerprint density at radius 1 is 1.17 bits per heavy atom. The van der Waals surface area contributed by atoms with Crippen LogP contribution in [-0.4, -0.2) is 21.1 Å². The fourth-order valence-corrected chi connectivity index (χ4v) is 2.45. The number of halogens is 1. The van der Waals surface area contributed by atoms with Crippen molar-refractivity contribution in [1.29, 1.82) is 5.26 Å². The molecule has 0 saturated carbocycles. The molecule has 0 N–H and O–H groups in total. The van der Waals surface area contributed by atoms with Gasteiger partial charge in [0.05, 0.1) is 22.3 Å². The number of benzene rings is 2. The van der Waals surface area contributed by atoms with Crippen LogP contribution in [0.4, 0.5) is 0 Å². The summed E-state index contributed by atoms with van der Waals surface area (Å²) < 4.78 is 8.16. The van der Waals surface area contributed by atoms with Crippen molar-refractivity contribution in [2.24, 2.45) is 5.10 Å². The molecule has 3 rings (SSSR count). The molecule has 118 valence electrons. The molecule has 0 unspecified atom stereocenters. The molecular weight excluding hydrogens is 370 g/mol. The first-order chi connectivity index (χ1) is 11.7. The Kier molecular flexibility index (Phi) is 4.99. The van der Waals surface area contributed by atoms with Crippen LogP contribution in [0.5, 0.6) is 5.75 Å². The molecule has 24 heavy (non-hydrogen) atoms. The number of ether oxygens (including phenoxy) is 1. The molecule has 1 heterocycles. The molecule has 0 amide bonds. The molecule has 6 nitrogen and oxygen atoms in total. The Morgan fingerprint density at radius 2 is 1.92 bits per heavy atom. The zero-order valence-corrected chi connectivity index (χ0v) is 14.1. The predicted octanol–water partition coefficient (Wildman–Crippen LogP) is 3.37. The normalized spacial score (nSPS) is 10.7. The van der Waals surface area contributed by atoms with Gasteiger partial charge in [-0.1, -0.05) is 12.1 Å². The molecule has 0 bridgehead atoms. The van der Waals surface area contributed by atoms with Gasteiger partial charge in [-0.25, -0.2) is 4.68 Å². The van der Waals surface area contributed by atoms with Crippen molar-refractivity contribution in [3.63, 3.8) is 0 Å². The lowest BCUT2D eigenvalue weighted by Crippen LogP contribution is -1.97. The average molecular weight is 382 g/mol. The van der Waals surface area contributed by atoms with E-state index in [1.165, 1.54) is 17.3 Å². The van der Waals surface area contributed by atoms with E-state index in [4.69, 9.17) is 10.00 Å². The van der Waals surface area contributed by atoms with Crippen LogP contribution >= 0.6 is 15.9 Å². The summed E-state index contributed by atoms with van der Waals surface area (Å²) in [5.74, 6) is 0.737. The molecule has 2 aromatic carbocycles. The predicted molar refractivity (Wildman–Crippen MR) is 92.6 cm³/mol. The van der Waals surface area contributed by atoms with Crippen molar-refractivity contribution in [1.82, 2.24) is 14.9 Å². The standard InChI is InChI=1S/C17H12BrN5O/c18-16-7-15(9-22-23-11-20-21-12-23)5-6-17(16)24-10-14-3-1-13(8-19)2-4-14/h1-7,9,11-12H,10H2/b22-9-. The quantitative estimate of drug-likeness (QED) is 0.634. The minimum Gasteiger partial charge on any atom is -0.488 e. The summed E-state index contributed by atoms with van der Waals surface area (Å²) in [6.07, 6.45) is 4.74. The van der Waals surface area contributed by atoms with Crippen LogP contribution in [0.2, 0.25) is 0 Å². The number of nitriles is 1. The number of hydrogen-bond acceptors (Lipinski definition) is 5. The fraction of sp³-hybridized carbons (Fsp3) is 0.0588. The summed E-state index contributed by atoms with van der Waals surface area (Å²) in [6, 6.07) is 15.1. The zero-order chi connectivity index (χ0) is 16.8. The third-order valence-corrected chi connectivity index (χ3v) is 3.80.